The van der Waals surface area contributed by atoms with Crippen molar-refractivity contribution < 1.29 is 4.42 Å². The van der Waals surface area contributed by atoms with Gasteiger partial charge in [0.05, 0.1) is 0 Å². The molecule has 0 unspecified atom stereocenters. The third-order valence-electron chi connectivity index (χ3n) is 11.3. The third-order valence-corrected chi connectivity index (χ3v) is 11.3. The van der Waals surface area contributed by atoms with Crippen molar-refractivity contribution in [1.29, 1.82) is 0 Å². The Morgan fingerprint density at radius 3 is 1.47 bits per heavy atom. The van der Waals surface area contributed by atoms with Crippen molar-refractivity contribution in [2.75, 3.05) is 0 Å². The predicted molar refractivity (Wildman–Crippen MR) is 233 cm³/mol. The van der Waals surface area contributed by atoms with Crippen molar-refractivity contribution in [3.8, 4) is 55.6 Å². The van der Waals surface area contributed by atoms with Gasteiger partial charge in [0.15, 0.2) is 0 Å². The first kappa shape index (κ1) is 31.3. The van der Waals surface area contributed by atoms with Crippen molar-refractivity contribution in [3.05, 3.63) is 206 Å². The van der Waals surface area contributed by atoms with E-state index in [9.17, 15) is 0 Å². The summed E-state index contributed by atoms with van der Waals surface area (Å²) in [5, 5.41) is 9.78. The molecule has 0 saturated carbocycles. The summed E-state index contributed by atoms with van der Waals surface area (Å²) in [7, 11) is 0. The zero-order chi connectivity index (χ0) is 36.3. The fourth-order valence-electron chi connectivity index (χ4n) is 8.76. The van der Waals surface area contributed by atoms with Gasteiger partial charge in [-0.25, -0.2) is 0 Å². The summed E-state index contributed by atoms with van der Waals surface area (Å²) in [5.41, 5.74) is 14.1. The summed E-state index contributed by atoms with van der Waals surface area (Å²) in [6.45, 7) is 0. The Kier molecular flexibility index (Phi) is 7.25. The van der Waals surface area contributed by atoms with E-state index in [1.54, 1.807) is 0 Å². The minimum absolute atomic E-state index is 0.916. The van der Waals surface area contributed by atoms with E-state index in [0.717, 1.165) is 21.9 Å². The summed E-state index contributed by atoms with van der Waals surface area (Å²) in [6, 6.07) is 74.9. The lowest BCUT2D eigenvalue weighted by Gasteiger charge is -2.19. The second-order valence-corrected chi connectivity index (χ2v) is 14.4. The van der Waals surface area contributed by atoms with E-state index in [1.165, 1.54) is 88.0 Å². The van der Waals surface area contributed by atoms with E-state index >= 15 is 0 Å². The Bertz CT molecular complexity index is 3180. The first-order valence-electron chi connectivity index (χ1n) is 18.9. The average molecular weight is 699 g/mol. The van der Waals surface area contributed by atoms with E-state index < -0.39 is 0 Å². The van der Waals surface area contributed by atoms with Gasteiger partial charge >= 0.3 is 0 Å². The lowest BCUT2D eigenvalue weighted by Crippen LogP contribution is -1.92. The molecule has 1 nitrogen and oxygen atoms in total. The molecule has 11 rings (SSSR count). The molecule has 1 heteroatoms. The highest BCUT2D eigenvalue weighted by molar-refractivity contribution is 6.21. The van der Waals surface area contributed by atoms with E-state index in [1.807, 2.05) is 12.1 Å². The molecule has 0 N–H and O–H groups in total. The van der Waals surface area contributed by atoms with Crippen LogP contribution >= 0.6 is 0 Å². The van der Waals surface area contributed by atoms with Crippen molar-refractivity contribution in [2.24, 2.45) is 0 Å². The van der Waals surface area contributed by atoms with Crippen molar-refractivity contribution in [1.82, 2.24) is 0 Å². The normalized spacial score (nSPS) is 11.6. The van der Waals surface area contributed by atoms with E-state index in [4.69, 9.17) is 4.42 Å². The number of para-hydroxylation sites is 1. The number of rotatable bonds is 5. The highest BCUT2D eigenvalue weighted by atomic mass is 16.3. The molecule has 0 saturated heterocycles. The topological polar surface area (TPSA) is 13.1 Å². The Labute approximate surface area is 319 Å². The van der Waals surface area contributed by atoms with Gasteiger partial charge in [-0.3, -0.25) is 0 Å². The minimum Gasteiger partial charge on any atom is -0.456 e. The summed E-state index contributed by atoms with van der Waals surface area (Å²) >= 11 is 0. The monoisotopic (exact) mass is 698 g/mol. The zero-order valence-corrected chi connectivity index (χ0v) is 30.0. The van der Waals surface area contributed by atoms with Crippen LogP contribution in [-0.4, -0.2) is 0 Å². The fourth-order valence-corrected chi connectivity index (χ4v) is 8.76. The van der Waals surface area contributed by atoms with Crippen LogP contribution in [0.1, 0.15) is 0 Å². The molecular formula is C54H34O. The Morgan fingerprint density at radius 2 is 0.745 bits per heavy atom. The van der Waals surface area contributed by atoms with Gasteiger partial charge in [-0.15, -0.1) is 0 Å². The first-order chi connectivity index (χ1) is 27.3. The standard InChI is InChI=1S/C54H34O/c1-2-14-37(15-3-1)52-42-18-5-4-13-36(42)29-31-43(52)40-16-12-17-41(33-40)54-47-22-8-6-20-45(47)53(46-21-7-9-23-48(46)54)38-27-25-35(26-28-38)39-30-32-51-49(34-39)44-19-10-11-24-50(44)55-51/h1-34H. The fraction of sp³-hybridized carbons (Fsp3) is 0. The SMILES string of the molecule is c1ccc(-c2c(-c3cccc(-c4c5ccccc5c(-c5ccc(-c6ccc7oc8ccccc8c7c6)cc5)c5ccccc45)c3)ccc3ccccc23)cc1. The highest BCUT2D eigenvalue weighted by Gasteiger charge is 2.18. The summed E-state index contributed by atoms with van der Waals surface area (Å²) in [4.78, 5) is 0. The van der Waals surface area contributed by atoms with Crippen molar-refractivity contribution in [2.45, 2.75) is 0 Å². The van der Waals surface area contributed by atoms with Crippen LogP contribution in [0.15, 0.2) is 211 Å². The average Bonchev–Trinajstić information content (AvgIpc) is 3.63. The van der Waals surface area contributed by atoms with Crippen LogP contribution in [0.5, 0.6) is 0 Å². The second kappa shape index (κ2) is 12.7. The molecule has 0 radical (unpaired) electrons. The Balaban J connectivity index is 1.07. The van der Waals surface area contributed by atoms with Crippen molar-refractivity contribution >= 4 is 54.3 Å². The molecule has 55 heavy (non-hydrogen) atoms. The molecule has 0 amide bonds. The molecule has 0 aliphatic heterocycles. The van der Waals surface area contributed by atoms with Crippen LogP contribution in [0, 0.1) is 0 Å². The number of furan rings is 1. The molecule has 1 aromatic heterocycles. The van der Waals surface area contributed by atoms with E-state index in [2.05, 4.69) is 194 Å². The van der Waals surface area contributed by atoms with Crippen molar-refractivity contribution in [3.63, 3.8) is 0 Å². The second-order valence-electron chi connectivity index (χ2n) is 14.4. The molecule has 0 atom stereocenters. The lowest BCUT2D eigenvalue weighted by molar-refractivity contribution is 0.669. The van der Waals surface area contributed by atoms with Gasteiger partial charge in [0.25, 0.3) is 0 Å². The number of hydrogen-bond acceptors (Lipinski definition) is 1. The molecule has 0 bridgehead atoms. The quantitative estimate of drug-likeness (QED) is 0.163. The molecule has 1 heterocycles. The largest absolute Gasteiger partial charge is 0.456 e. The molecule has 11 aromatic rings. The van der Waals surface area contributed by atoms with Gasteiger partial charge in [0.2, 0.25) is 0 Å². The highest BCUT2D eigenvalue weighted by Crippen LogP contribution is 2.46. The van der Waals surface area contributed by atoms with Crippen LogP contribution in [0.4, 0.5) is 0 Å². The van der Waals surface area contributed by atoms with Crippen LogP contribution in [0.25, 0.3) is 110 Å². The molecule has 0 spiro atoms. The maximum atomic E-state index is 6.11. The van der Waals surface area contributed by atoms with Gasteiger partial charge in [-0.1, -0.05) is 182 Å². The summed E-state index contributed by atoms with van der Waals surface area (Å²) in [5.74, 6) is 0. The lowest BCUT2D eigenvalue weighted by atomic mass is 9.84. The summed E-state index contributed by atoms with van der Waals surface area (Å²) < 4.78 is 6.11. The Hall–Kier alpha value is -7.22. The first-order valence-corrected chi connectivity index (χ1v) is 18.9. The zero-order valence-electron chi connectivity index (χ0n) is 30.0. The van der Waals surface area contributed by atoms with E-state index in [-0.39, 0.29) is 0 Å². The van der Waals surface area contributed by atoms with Crippen LogP contribution in [-0.2, 0) is 0 Å². The van der Waals surface area contributed by atoms with Gasteiger partial charge in [0, 0.05) is 10.8 Å². The molecule has 0 fully saturated rings. The number of hydrogen-bond donors (Lipinski definition) is 0. The molecule has 256 valence electrons. The van der Waals surface area contributed by atoms with E-state index in [0.29, 0.717) is 0 Å². The van der Waals surface area contributed by atoms with Gasteiger partial charge in [-0.05, 0) is 112 Å². The molecule has 10 aromatic carbocycles. The smallest absolute Gasteiger partial charge is 0.135 e. The summed E-state index contributed by atoms with van der Waals surface area (Å²) in [6.07, 6.45) is 0. The molecular weight excluding hydrogens is 665 g/mol. The number of fused-ring (bicyclic) bond motifs is 6. The van der Waals surface area contributed by atoms with Crippen LogP contribution in [0.2, 0.25) is 0 Å². The van der Waals surface area contributed by atoms with Gasteiger partial charge in [0.1, 0.15) is 11.2 Å². The number of benzene rings is 10. The predicted octanol–water partition coefficient (Wildman–Crippen LogP) is 15.4. The van der Waals surface area contributed by atoms with Gasteiger partial charge in [-0.2, -0.15) is 0 Å². The molecule has 0 aliphatic rings. The van der Waals surface area contributed by atoms with Crippen LogP contribution < -0.4 is 0 Å². The third kappa shape index (κ3) is 5.16. The van der Waals surface area contributed by atoms with Gasteiger partial charge < -0.3 is 4.42 Å². The minimum atomic E-state index is 0.916. The maximum absolute atomic E-state index is 6.11. The maximum Gasteiger partial charge on any atom is 0.135 e. The molecule has 0 aliphatic carbocycles. The van der Waals surface area contributed by atoms with Crippen LogP contribution in [0.3, 0.4) is 0 Å². The Morgan fingerprint density at radius 1 is 0.236 bits per heavy atom.